The first-order chi connectivity index (χ1) is 24.5. The number of carbonyl (C=O) groups excluding carboxylic acids is 3. The van der Waals surface area contributed by atoms with E-state index >= 15 is 0 Å². The number of thioether (sulfide) groups is 1. The van der Waals surface area contributed by atoms with Crippen LogP contribution in [0.5, 0.6) is 11.5 Å². The van der Waals surface area contributed by atoms with Crippen LogP contribution in [0.15, 0.2) is 143 Å². The van der Waals surface area contributed by atoms with E-state index in [1.54, 1.807) is 72.8 Å². The van der Waals surface area contributed by atoms with E-state index in [-0.39, 0.29) is 16.5 Å². The van der Waals surface area contributed by atoms with Gasteiger partial charge in [-0.15, -0.1) is 11.8 Å². The summed E-state index contributed by atoms with van der Waals surface area (Å²) in [5.74, 6) is -0.623. The predicted octanol–water partition coefficient (Wildman–Crippen LogP) is 6.23. The quantitative estimate of drug-likeness (QED) is 0.0820. The average molecular weight is 723 g/mol. The highest BCUT2D eigenvalue weighted by atomic mass is 32.2. The number of carbonyl (C=O) groups is 3. The summed E-state index contributed by atoms with van der Waals surface area (Å²) in [5.41, 5.74) is 2.32. The maximum atomic E-state index is 13.8. The molecule has 5 N–H and O–H groups in total. The molecule has 0 fully saturated rings. The highest BCUT2D eigenvalue weighted by Gasteiger charge is 2.23. The van der Waals surface area contributed by atoms with Crippen molar-refractivity contribution in [2.45, 2.75) is 15.0 Å². The van der Waals surface area contributed by atoms with Gasteiger partial charge in [0.15, 0.2) is 11.5 Å². The number of nitrogens with two attached hydrogens (primary N) is 1. The van der Waals surface area contributed by atoms with Crippen LogP contribution in [0.4, 0.5) is 11.4 Å². The number of primary sulfonamides is 1. The fourth-order valence-electron chi connectivity index (χ4n) is 4.94. The first-order valence-electron chi connectivity index (χ1n) is 15.4. The number of methoxy groups -OCH3 is 2. The van der Waals surface area contributed by atoms with Crippen molar-refractivity contribution in [1.82, 2.24) is 5.32 Å². The number of rotatable bonds is 13. The number of amides is 3. The van der Waals surface area contributed by atoms with Gasteiger partial charge in [-0.25, -0.2) is 13.6 Å². The van der Waals surface area contributed by atoms with Crippen molar-refractivity contribution in [1.29, 1.82) is 0 Å². The number of hydrogen-bond donors (Lipinski definition) is 4. The fourth-order valence-corrected chi connectivity index (χ4v) is 6.54. The van der Waals surface area contributed by atoms with Crippen molar-refractivity contribution in [2.24, 2.45) is 5.14 Å². The first-order valence-corrected chi connectivity index (χ1v) is 17.8. The van der Waals surface area contributed by atoms with Crippen LogP contribution in [0.3, 0.4) is 0 Å². The van der Waals surface area contributed by atoms with Gasteiger partial charge >= 0.3 is 0 Å². The minimum Gasteiger partial charge on any atom is -0.493 e. The second kappa shape index (κ2) is 16.7. The van der Waals surface area contributed by atoms with E-state index in [2.05, 4.69) is 16.0 Å². The molecule has 0 aliphatic heterocycles. The zero-order valence-corrected chi connectivity index (χ0v) is 29.2. The number of para-hydroxylation sites is 1. The third-order valence-electron chi connectivity index (χ3n) is 7.40. The second-order valence-electron chi connectivity index (χ2n) is 10.9. The van der Waals surface area contributed by atoms with E-state index in [1.807, 2.05) is 30.3 Å². The number of ether oxygens (including phenoxy) is 2. The summed E-state index contributed by atoms with van der Waals surface area (Å²) in [4.78, 5) is 41.2. The lowest BCUT2D eigenvalue weighted by atomic mass is 10.1. The normalized spacial score (nSPS) is 11.9. The average Bonchev–Trinajstić information content (AvgIpc) is 3.14. The monoisotopic (exact) mass is 722 g/mol. The standard InChI is InChI=1S/C38H34N4O7S2/c1-48-33-18-9-15-27(34(33)49-2)23-32(42-36(43)26-13-7-4-8-14-26)37(44)41-29-16-10-17-30(24-29)50-35(25-11-5-3-6-12-25)38(45)40-28-19-21-31(22-20-28)51(39,46)47/h3-24,35H,1-2H3,(H,40,45)(H,41,44)(H,42,43)(H2,39,46,47)/b32-23+. The Morgan fingerprint density at radius 3 is 2.06 bits per heavy atom. The van der Waals surface area contributed by atoms with Crippen LogP contribution in [0.25, 0.3) is 6.08 Å². The van der Waals surface area contributed by atoms with Crippen molar-refractivity contribution in [3.8, 4) is 11.5 Å². The molecule has 5 aromatic rings. The van der Waals surface area contributed by atoms with Crippen LogP contribution >= 0.6 is 11.8 Å². The Morgan fingerprint density at radius 2 is 1.41 bits per heavy atom. The Hall–Kier alpha value is -5.89. The van der Waals surface area contributed by atoms with Crippen LogP contribution in [0.2, 0.25) is 0 Å². The molecule has 5 rings (SSSR count). The van der Waals surface area contributed by atoms with Gasteiger partial charge in [0.2, 0.25) is 15.9 Å². The number of anilines is 2. The number of sulfonamides is 1. The van der Waals surface area contributed by atoms with Gasteiger partial charge in [-0.05, 0) is 72.3 Å². The summed E-state index contributed by atoms with van der Waals surface area (Å²) in [6, 6.07) is 35.3. The third kappa shape index (κ3) is 9.63. The Labute approximate surface area is 299 Å². The summed E-state index contributed by atoms with van der Waals surface area (Å²) < 4.78 is 34.3. The molecule has 0 radical (unpaired) electrons. The molecule has 0 aliphatic carbocycles. The molecule has 3 amide bonds. The molecule has 0 saturated heterocycles. The van der Waals surface area contributed by atoms with E-state index in [0.29, 0.717) is 38.9 Å². The molecule has 0 heterocycles. The smallest absolute Gasteiger partial charge is 0.272 e. The van der Waals surface area contributed by atoms with Crippen LogP contribution in [-0.4, -0.2) is 40.4 Å². The highest BCUT2D eigenvalue weighted by molar-refractivity contribution is 8.00. The van der Waals surface area contributed by atoms with E-state index in [4.69, 9.17) is 14.6 Å². The summed E-state index contributed by atoms with van der Waals surface area (Å²) in [6.07, 6.45) is 1.50. The first kappa shape index (κ1) is 36.4. The van der Waals surface area contributed by atoms with Crippen molar-refractivity contribution in [3.05, 3.63) is 150 Å². The number of nitrogens with one attached hydrogen (secondary N) is 3. The van der Waals surface area contributed by atoms with Gasteiger partial charge in [0.1, 0.15) is 10.9 Å². The minimum absolute atomic E-state index is 0.0524. The topological polar surface area (TPSA) is 166 Å². The van der Waals surface area contributed by atoms with Crippen LogP contribution in [-0.2, 0) is 19.6 Å². The van der Waals surface area contributed by atoms with Crippen molar-refractivity contribution >= 4 is 57.0 Å². The van der Waals surface area contributed by atoms with E-state index in [0.717, 1.165) is 5.56 Å². The molecular weight excluding hydrogens is 689 g/mol. The van der Waals surface area contributed by atoms with E-state index in [9.17, 15) is 22.8 Å². The Kier molecular flexibility index (Phi) is 11.9. The predicted molar refractivity (Wildman–Crippen MR) is 198 cm³/mol. The molecule has 1 atom stereocenters. The molecule has 0 saturated carbocycles. The summed E-state index contributed by atoms with van der Waals surface area (Å²) in [5, 5.41) is 12.9. The molecule has 51 heavy (non-hydrogen) atoms. The van der Waals surface area contributed by atoms with Crippen LogP contribution < -0.4 is 30.6 Å². The number of hydrogen-bond acceptors (Lipinski definition) is 8. The zero-order valence-electron chi connectivity index (χ0n) is 27.5. The molecule has 0 aromatic heterocycles. The van der Waals surface area contributed by atoms with Gasteiger partial charge in [0.05, 0.1) is 19.1 Å². The largest absolute Gasteiger partial charge is 0.493 e. The highest BCUT2D eigenvalue weighted by Crippen LogP contribution is 2.37. The van der Waals surface area contributed by atoms with Gasteiger partial charge in [0, 0.05) is 27.4 Å². The molecule has 5 aromatic carbocycles. The summed E-state index contributed by atoms with van der Waals surface area (Å²) in [7, 11) is -0.908. The molecule has 13 heteroatoms. The molecule has 1 unspecified atom stereocenters. The summed E-state index contributed by atoms with van der Waals surface area (Å²) >= 11 is 1.25. The third-order valence-corrected chi connectivity index (χ3v) is 9.58. The van der Waals surface area contributed by atoms with Gasteiger partial charge in [-0.2, -0.15) is 0 Å². The SMILES string of the molecule is COc1cccc(/C=C(/NC(=O)c2ccccc2)C(=O)Nc2cccc(SC(C(=O)Nc3ccc(S(N)(=O)=O)cc3)c3ccccc3)c2)c1OC. The molecule has 260 valence electrons. The molecule has 0 bridgehead atoms. The molecule has 11 nitrogen and oxygen atoms in total. The Balaban J connectivity index is 1.40. The van der Waals surface area contributed by atoms with Gasteiger partial charge in [-0.1, -0.05) is 66.7 Å². The molecular formula is C38H34N4O7S2. The molecule has 0 aliphatic rings. The minimum atomic E-state index is -3.89. The van der Waals surface area contributed by atoms with Gasteiger partial charge in [-0.3, -0.25) is 14.4 Å². The molecule has 0 spiro atoms. The lowest BCUT2D eigenvalue weighted by Crippen LogP contribution is -2.30. The lowest BCUT2D eigenvalue weighted by Gasteiger charge is -2.18. The fraction of sp³-hybridized carbons (Fsp3) is 0.0789. The van der Waals surface area contributed by atoms with E-state index < -0.39 is 27.1 Å². The number of benzene rings is 5. The van der Waals surface area contributed by atoms with Gasteiger partial charge < -0.3 is 25.4 Å². The van der Waals surface area contributed by atoms with Gasteiger partial charge in [0.25, 0.3) is 11.8 Å². The summed E-state index contributed by atoms with van der Waals surface area (Å²) in [6.45, 7) is 0. The van der Waals surface area contributed by atoms with Crippen LogP contribution in [0.1, 0.15) is 26.7 Å². The lowest BCUT2D eigenvalue weighted by molar-refractivity contribution is -0.116. The Morgan fingerprint density at radius 1 is 0.745 bits per heavy atom. The second-order valence-corrected chi connectivity index (χ2v) is 13.7. The van der Waals surface area contributed by atoms with Crippen LogP contribution in [0, 0.1) is 0 Å². The maximum absolute atomic E-state index is 13.8. The van der Waals surface area contributed by atoms with Crippen molar-refractivity contribution < 1.29 is 32.3 Å². The van der Waals surface area contributed by atoms with Crippen molar-refractivity contribution in [3.63, 3.8) is 0 Å². The zero-order chi connectivity index (χ0) is 36.4. The Bertz CT molecular complexity index is 2160. The van der Waals surface area contributed by atoms with E-state index in [1.165, 1.54) is 56.3 Å². The van der Waals surface area contributed by atoms with Crippen molar-refractivity contribution in [2.75, 3.05) is 24.9 Å². The maximum Gasteiger partial charge on any atom is 0.272 e.